The zero-order valence-corrected chi connectivity index (χ0v) is 20.5. The van der Waals surface area contributed by atoms with E-state index in [-0.39, 0.29) is 24.8 Å². The van der Waals surface area contributed by atoms with Gasteiger partial charge in [0.05, 0.1) is 24.1 Å². The number of hydrogen-bond acceptors (Lipinski definition) is 7. The van der Waals surface area contributed by atoms with E-state index in [9.17, 15) is 18.8 Å². The van der Waals surface area contributed by atoms with Crippen LogP contribution in [0.15, 0.2) is 29.6 Å². The van der Waals surface area contributed by atoms with E-state index in [4.69, 9.17) is 14.9 Å². The maximum absolute atomic E-state index is 13.1. The van der Waals surface area contributed by atoms with E-state index in [0.29, 0.717) is 5.92 Å². The van der Waals surface area contributed by atoms with Gasteiger partial charge in [0, 0.05) is 17.5 Å². The molecule has 1 atom stereocenters. The SMILES string of the molecule is CC(C)(NC(=O)O[C@@H]1CN2CCC1CC2)c1csc(-c2ccc(F)cc2)n1.O=C(O)CCC(=O)O. The van der Waals surface area contributed by atoms with Crippen molar-refractivity contribution in [1.82, 2.24) is 15.2 Å². The van der Waals surface area contributed by atoms with Gasteiger partial charge >= 0.3 is 18.0 Å². The van der Waals surface area contributed by atoms with Gasteiger partial charge in [-0.15, -0.1) is 11.3 Å². The number of aromatic nitrogens is 1. The summed E-state index contributed by atoms with van der Waals surface area (Å²) in [6.45, 7) is 6.89. The van der Waals surface area contributed by atoms with Crippen LogP contribution in [0.25, 0.3) is 10.6 Å². The average molecular weight is 508 g/mol. The number of nitrogens with one attached hydrogen (secondary N) is 1. The molecule has 0 radical (unpaired) electrons. The van der Waals surface area contributed by atoms with Crippen molar-refractivity contribution in [3.8, 4) is 10.6 Å². The number of benzene rings is 1. The molecule has 0 saturated carbocycles. The van der Waals surface area contributed by atoms with Crippen molar-refractivity contribution < 1.29 is 33.7 Å². The van der Waals surface area contributed by atoms with Gasteiger partial charge in [-0.25, -0.2) is 14.2 Å². The lowest BCUT2D eigenvalue weighted by atomic mass is 9.86. The third-order valence-electron chi connectivity index (χ3n) is 6.06. The number of rotatable bonds is 7. The van der Waals surface area contributed by atoms with Crippen LogP contribution < -0.4 is 5.32 Å². The fraction of sp³-hybridized carbons (Fsp3) is 0.500. The number of alkyl carbamates (subject to hydrolysis) is 1. The minimum absolute atomic E-state index is 0.0199. The van der Waals surface area contributed by atoms with Gasteiger partial charge in [-0.3, -0.25) is 14.5 Å². The lowest BCUT2D eigenvalue weighted by Gasteiger charge is -2.44. The number of halogens is 1. The highest BCUT2D eigenvalue weighted by Crippen LogP contribution is 2.31. The predicted molar refractivity (Wildman–Crippen MR) is 128 cm³/mol. The van der Waals surface area contributed by atoms with Crippen LogP contribution in [0, 0.1) is 11.7 Å². The second kappa shape index (κ2) is 11.6. The molecule has 5 rings (SSSR count). The molecule has 0 spiro atoms. The van der Waals surface area contributed by atoms with Gasteiger partial charge in [-0.1, -0.05) is 0 Å². The lowest BCUT2D eigenvalue weighted by Crippen LogP contribution is -2.53. The van der Waals surface area contributed by atoms with Crippen molar-refractivity contribution >= 4 is 29.4 Å². The number of amides is 1. The highest BCUT2D eigenvalue weighted by atomic mass is 32.1. The summed E-state index contributed by atoms with van der Waals surface area (Å²) in [6, 6.07) is 6.26. The Morgan fingerprint density at radius 2 is 1.74 bits per heavy atom. The van der Waals surface area contributed by atoms with E-state index in [1.165, 1.54) is 23.5 Å². The number of hydrogen-bond donors (Lipinski definition) is 3. The summed E-state index contributed by atoms with van der Waals surface area (Å²) in [4.78, 5) is 38.8. The number of carbonyl (C=O) groups is 3. The van der Waals surface area contributed by atoms with Gasteiger partial charge < -0.3 is 20.3 Å². The number of carbonyl (C=O) groups excluding carboxylic acids is 1. The first-order valence-corrected chi connectivity index (χ1v) is 12.3. The summed E-state index contributed by atoms with van der Waals surface area (Å²) >= 11 is 1.48. The molecule has 3 N–H and O–H groups in total. The lowest BCUT2D eigenvalue weighted by molar-refractivity contribution is -0.143. The highest BCUT2D eigenvalue weighted by Gasteiger charge is 2.37. The number of carboxylic acids is 2. The number of aliphatic carboxylic acids is 2. The van der Waals surface area contributed by atoms with Gasteiger partial charge in [0.15, 0.2) is 0 Å². The normalized spacial score (nSPS) is 20.9. The van der Waals surface area contributed by atoms with E-state index in [2.05, 4.69) is 15.2 Å². The van der Waals surface area contributed by atoms with Crippen LogP contribution in [0.1, 0.15) is 45.2 Å². The zero-order valence-electron chi connectivity index (χ0n) is 19.7. The molecule has 3 fully saturated rings. The average Bonchev–Trinajstić information content (AvgIpc) is 3.30. The summed E-state index contributed by atoms with van der Waals surface area (Å²) in [7, 11) is 0. The van der Waals surface area contributed by atoms with Gasteiger partial charge in [0.25, 0.3) is 0 Å². The standard InChI is InChI=1S/C20H24FN3O2S.C4H6O4/c1-20(2,17-12-27-18(22-17)14-3-5-15(21)6-4-14)23-19(25)26-16-11-24-9-7-13(16)8-10-24;5-3(6)1-2-4(7)8/h3-6,12-13,16H,7-11H2,1-2H3,(H,23,25);1-2H2,(H,5,6)(H,7,8)/t16-;/m1./s1. The number of carboxylic acid groups (broad SMARTS) is 2. The molecule has 0 aliphatic carbocycles. The zero-order chi connectivity index (χ0) is 25.6. The summed E-state index contributed by atoms with van der Waals surface area (Å²) in [5.41, 5.74) is 0.968. The molecule has 3 aliphatic rings. The van der Waals surface area contributed by atoms with E-state index < -0.39 is 23.6 Å². The Morgan fingerprint density at radius 3 is 2.26 bits per heavy atom. The first-order chi connectivity index (χ1) is 16.5. The second-order valence-electron chi connectivity index (χ2n) is 9.16. The summed E-state index contributed by atoms with van der Waals surface area (Å²) in [6.07, 6.45) is 1.21. The Kier molecular flexibility index (Phi) is 8.79. The van der Waals surface area contributed by atoms with Gasteiger partial charge in [-0.05, 0) is 70.0 Å². The minimum atomic E-state index is -1.08. The number of ether oxygens (including phenoxy) is 1. The van der Waals surface area contributed by atoms with Gasteiger partial charge in [-0.2, -0.15) is 0 Å². The van der Waals surface area contributed by atoms with Crippen LogP contribution in [0.5, 0.6) is 0 Å². The second-order valence-corrected chi connectivity index (χ2v) is 10.0. The smallest absolute Gasteiger partial charge is 0.408 e. The fourth-order valence-electron chi connectivity index (χ4n) is 4.03. The molecule has 11 heteroatoms. The Labute approximate surface area is 206 Å². The first kappa shape index (κ1) is 26.6. The number of nitrogens with zero attached hydrogens (tertiary/aromatic N) is 2. The Hall–Kier alpha value is -3.05. The third kappa shape index (κ3) is 7.72. The molecule has 35 heavy (non-hydrogen) atoms. The fourth-order valence-corrected chi connectivity index (χ4v) is 5.02. The van der Waals surface area contributed by atoms with Crippen molar-refractivity contribution in [2.24, 2.45) is 5.92 Å². The number of piperidine rings is 3. The van der Waals surface area contributed by atoms with Crippen LogP contribution in [0.3, 0.4) is 0 Å². The van der Waals surface area contributed by atoms with Crippen LogP contribution in [-0.4, -0.2) is 63.9 Å². The monoisotopic (exact) mass is 507 g/mol. The van der Waals surface area contributed by atoms with Crippen molar-refractivity contribution in [2.45, 2.75) is 51.2 Å². The number of fused-ring (bicyclic) bond motifs is 3. The Morgan fingerprint density at radius 1 is 1.14 bits per heavy atom. The van der Waals surface area contributed by atoms with Crippen LogP contribution >= 0.6 is 11.3 Å². The van der Waals surface area contributed by atoms with Crippen LogP contribution in [0.4, 0.5) is 9.18 Å². The predicted octanol–water partition coefficient (Wildman–Crippen LogP) is 3.94. The molecule has 1 aromatic heterocycles. The highest BCUT2D eigenvalue weighted by molar-refractivity contribution is 7.13. The molecular weight excluding hydrogens is 477 g/mol. The van der Waals surface area contributed by atoms with Crippen molar-refractivity contribution in [3.63, 3.8) is 0 Å². The molecule has 0 unspecified atom stereocenters. The topological polar surface area (TPSA) is 129 Å². The maximum Gasteiger partial charge on any atom is 0.408 e. The van der Waals surface area contributed by atoms with E-state index >= 15 is 0 Å². The Balaban J connectivity index is 0.000000371. The van der Waals surface area contributed by atoms with Crippen LogP contribution in [0.2, 0.25) is 0 Å². The minimum Gasteiger partial charge on any atom is -0.481 e. The number of thiazole rings is 1. The van der Waals surface area contributed by atoms with Crippen LogP contribution in [-0.2, 0) is 19.9 Å². The quantitative estimate of drug-likeness (QED) is 0.514. The molecule has 1 amide bonds. The van der Waals surface area contributed by atoms with Gasteiger partial charge in [0.2, 0.25) is 0 Å². The van der Waals surface area contributed by atoms with Crippen molar-refractivity contribution in [1.29, 1.82) is 0 Å². The molecule has 9 nitrogen and oxygen atoms in total. The molecule has 3 aliphatic heterocycles. The largest absolute Gasteiger partial charge is 0.481 e. The molecule has 1 aromatic carbocycles. The van der Waals surface area contributed by atoms with E-state index in [1.807, 2.05) is 19.2 Å². The van der Waals surface area contributed by atoms with Gasteiger partial charge in [0.1, 0.15) is 16.9 Å². The van der Waals surface area contributed by atoms with Crippen molar-refractivity contribution in [3.05, 3.63) is 41.2 Å². The molecule has 2 bridgehead atoms. The van der Waals surface area contributed by atoms with E-state index in [1.54, 1.807) is 12.1 Å². The van der Waals surface area contributed by atoms with Crippen molar-refractivity contribution in [2.75, 3.05) is 19.6 Å². The summed E-state index contributed by atoms with van der Waals surface area (Å²) in [5, 5.41) is 21.5. The molecule has 190 valence electrons. The molecule has 2 aromatic rings. The summed E-state index contributed by atoms with van der Waals surface area (Å²) in [5.74, 6) is -1.94. The molecular formula is C24H30FN3O6S. The Bertz CT molecular complexity index is 1020. The maximum atomic E-state index is 13.1. The molecule has 3 saturated heterocycles. The first-order valence-electron chi connectivity index (χ1n) is 11.4. The third-order valence-corrected chi connectivity index (χ3v) is 6.95. The summed E-state index contributed by atoms with van der Waals surface area (Å²) < 4.78 is 18.8. The molecule has 4 heterocycles. The van der Waals surface area contributed by atoms with E-state index in [0.717, 1.165) is 48.7 Å².